The Morgan fingerprint density at radius 1 is 1.05 bits per heavy atom. The number of nitrogens with zero attached hydrogens (tertiary/aromatic N) is 1. The second kappa shape index (κ2) is 6.79. The van der Waals surface area contributed by atoms with Gasteiger partial charge < -0.3 is 10.2 Å². The monoisotopic (exact) mass is 280 g/mol. The maximum Gasteiger partial charge on any atom is 0.0330 e. The van der Waals surface area contributed by atoms with E-state index in [0.29, 0.717) is 5.54 Å². The van der Waals surface area contributed by atoms with Gasteiger partial charge in [0.25, 0.3) is 0 Å². The van der Waals surface area contributed by atoms with Gasteiger partial charge in [0.1, 0.15) is 0 Å². The van der Waals surface area contributed by atoms with Gasteiger partial charge in [0, 0.05) is 18.1 Å². The molecule has 0 aliphatic heterocycles. The molecule has 0 heterocycles. The van der Waals surface area contributed by atoms with E-state index in [2.05, 4.69) is 45.1 Å². The third-order valence-electron chi connectivity index (χ3n) is 6.42. The van der Waals surface area contributed by atoms with Crippen molar-refractivity contribution in [1.29, 1.82) is 0 Å². The molecule has 0 aromatic heterocycles. The third-order valence-corrected chi connectivity index (χ3v) is 6.42. The molecule has 118 valence electrons. The number of hydrogen-bond donors (Lipinski definition) is 1. The fraction of sp³-hybridized carbons (Fsp3) is 1.00. The minimum Gasteiger partial charge on any atom is -0.312 e. The van der Waals surface area contributed by atoms with Gasteiger partial charge in [-0.05, 0) is 51.1 Å². The molecular formula is C18H36N2. The molecule has 0 bridgehead atoms. The first kappa shape index (κ1) is 16.3. The Kier molecular flexibility index (Phi) is 5.53. The number of likely N-dealkylation sites (N-methyl/N-ethyl adjacent to an activating group) is 1. The quantitative estimate of drug-likeness (QED) is 0.840. The summed E-state index contributed by atoms with van der Waals surface area (Å²) >= 11 is 0. The predicted octanol–water partition coefficient (Wildman–Crippen LogP) is 3.91. The van der Waals surface area contributed by atoms with E-state index in [4.69, 9.17) is 0 Å². The molecule has 0 spiro atoms. The molecule has 0 aromatic carbocycles. The molecule has 0 radical (unpaired) electrons. The average molecular weight is 280 g/mol. The van der Waals surface area contributed by atoms with Crippen LogP contribution in [0.2, 0.25) is 0 Å². The Morgan fingerprint density at radius 3 is 2.45 bits per heavy atom. The lowest BCUT2D eigenvalue weighted by molar-refractivity contribution is 0.0649. The highest BCUT2D eigenvalue weighted by atomic mass is 15.2. The van der Waals surface area contributed by atoms with E-state index in [-0.39, 0.29) is 0 Å². The van der Waals surface area contributed by atoms with E-state index in [9.17, 15) is 0 Å². The highest BCUT2D eigenvalue weighted by Crippen LogP contribution is 2.36. The van der Waals surface area contributed by atoms with E-state index in [1.807, 2.05) is 0 Å². The summed E-state index contributed by atoms with van der Waals surface area (Å²) in [5.74, 6) is 2.61. The Morgan fingerprint density at radius 2 is 1.80 bits per heavy atom. The fourth-order valence-electron chi connectivity index (χ4n) is 4.55. The van der Waals surface area contributed by atoms with Crippen LogP contribution in [0, 0.1) is 17.8 Å². The average Bonchev–Trinajstić information content (AvgIpc) is 2.40. The molecule has 20 heavy (non-hydrogen) atoms. The Labute approximate surface area is 126 Å². The smallest absolute Gasteiger partial charge is 0.0330 e. The van der Waals surface area contributed by atoms with Crippen LogP contribution in [0.5, 0.6) is 0 Å². The highest BCUT2D eigenvalue weighted by Gasteiger charge is 2.38. The minimum atomic E-state index is 0.401. The summed E-state index contributed by atoms with van der Waals surface area (Å²) in [5, 5.41) is 3.97. The highest BCUT2D eigenvalue weighted by molar-refractivity contribution is 4.96. The molecule has 2 saturated carbocycles. The minimum absolute atomic E-state index is 0.401. The van der Waals surface area contributed by atoms with Crippen molar-refractivity contribution in [3.8, 4) is 0 Å². The fourth-order valence-corrected chi connectivity index (χ4v) is 4.55. The van der Waals surface area contributed by atoms with Crippen LogP contribution in [0.3, 0.4) is 0 Å². The summed E-state index contributed by atoms with van der Waals surface area (Å²) in [6.45, 7) is 8.50. The largest absolute Gasteiger partial charge is 0.312 e. The molecule has 0 saturated heterocycles. The molecule has 0 aromatic rings. The lowest BCUT2D eigenvalue weighted by Gasteiger charge is -2.47. The molecule has 2 aliphatic rings. The van der Waals surface area contributed by atoms with Gasteiger partial charge in [-0.25, -0.2) is 0 Å². The number of nitrogens with one attached hydrogen (secondary N) is 1. The molecule has 2 fully saturated rings. The molecule has 5 atom stereocenters. The Hall–Kier alpha value is -0.0800. The van der Waals surface area contributed by atoms with Crippen molar-refractivity contribution in [2.24, 2.45) is 17.8 Å². The number of hydrogen-bond acceptors (Lipinski definition) is 2. The van der Waals surface area contributed by atoms with Crippen LogP contribution in [-0.2, 0) is 0 Å². The zero-order valence-electron chi connectivity index (χ0n) is 14.4. The van der Waals surface area contributed by atoms with Crippen LogP contribution in [-0.4, -0.2) is 37.1 Å². The summed E-state index contributed by atoms with van der Waals surface area (Å²) in [7, 11) is 4.57. The summed E-state index contributed by atoms with van der Waals surface area (Å²) in [6.07, 6.45) is 9.77. The van der Waals surface area contributed by atoms with Crippen LogP contribution in [0.15, 0.2) is 0 Å². The SMILES string of the molecule is CC1CCCC(CNC2CCCC(C)C2C)(N(C)C)C1. The first-order chi connectivity index (χ1) is 9.44. The van der Waals surface area contributed by atoms with Crippen LogP contribution < -0.4 is 5.32 Å². The predicted molar refractivity (Wildman–Crippen MR) is 88.0 cm³/mol. The van der Waals surface area contributed by atoms with Crippen LogP contribution in [0.25, 0.3) is 0 Å². The maximum atomic E-state index is 3.97. The van der Waals surface area contributed by atoms with Crippen molar-refractivity contribution in [1.82, 2.24) is 10.2 Å². The Bertz CT molecular complexity index is 302. The van der Waals surface area contributed by atoms with Crippen LogP contribution in [0.1, 0.15) is 65.7 Å². The van der Waals surface area contributed by atoms with Gasteiger partial charge in [0.15, 0.2) is 0 Å². The van der Waals surface area contributed by atoms with Gasteiger partial charge in [-0.3, -0.25) is 0 Å². The summed E-state index contributed by atoms with van der Waals surface area (Å²) in [5.41, 5.74) is 0.401. The van der Waals surface area contributed by atoms with E-state index < -0.39 is 0 Å². The van der Waals surface area contributed by atoms with E-state index in [1.165, 1.54) is 51.5 Å². The summed E-state index contributed by atoms with van der Waals surface area (Å²) in [6, 6.07) is 0.743. The lowest BCUT2D eigenvalue weighted by Crippen LogP contribution is -2.57. The molecule has 2 heteroatoms. The van der Waals surface area contributed by atoms with Crippen molar-refractivity contribution in [3.63, 3.8) is 0 Å². The summed E-state index contributed by atoms with van der Waals surface area (Å²) in [4.78, 5) is 2.51. The van der Waals surface area contributed by atoms with E-state index >= 15 is 0 Å². The topological polar surface area (TPSA) is 15.3 Å². The normalized spacial score (nSPS) is 42.9. The third kappa shape index (κ3) is 3.57. The van der Waals surface area contributed by atoms with E-state index in [0.717, 1.165) is 23.8 Å². The second-order valence-corrected chi connectivity index (χ2v) is 8.07. The zero-order chi connectivity index (χ0) is 14.8. The van der Waals surface area contributed by atoms with Gasteiger partial charge in [-0.2, -0.15) is 0 Å². The molecule has 2 rings (SSSR count). The van der Waals surface area contributed by atoms with Crippen molar-refractivity contribution >= 4 is 0 Å². The van der Waals surface area contributed by atoms with Crippen LogP contribution >= 0.6 is 0 Å². The van der Waals surface area contributed by atoms with Crippen molar-refractivity contribution in [2.45, 2.75) is 77.3 Å². The van der Waals surface area contributed by atoms with Gasteiger partial charge in [0.05, 0.1) is 0 Å². The van der Waals surface area contributed by atoms with Gasteiger partial charge in [0.2, 0.25) is 0 Å². The Balaban J connectivity index is 1.95. The lowest BCUT2D eigenvalue weighted by atomic mass is 9.74. The summed E-state index contributed by atoms with van der Waals surface area (Å²) < 4.78 is 0. The zero-order valence-corrected chi connectivity index (χ0v) is 14.4. The molecule has 0 amide bonds. The van der Waals surface area contributed by atoms with Crippen molar-refractivity contribution in [3.05, 3.63) is 0 Å². The maximum absolute atomic E-state index is 3.97. The number of rotatable bonds is 4. The molecular weight excluding hydrogens is 244 g/mol. The van der Waals surface area contributed by atoms with Gasteiger partial charge in [-0.15, -0.1) is 0 Å². The molecule has 1 N–H and O–H groups in total. The molecule has 2 aliphatic carbocycles. The van der Waals surface area contributed by atoms with E-state index in [1.54, 1.807) is 0 Å². The van der Waals surface area contributed by atoms with Crippen molar-refractivity contribution < 1.29 is 0 Å². The molecule has 5 unspecified atom stereocenters. The second-order valence-electron chi connectivity index (χ2n) is 8.07. The van der Waals surface area contributed by atoms with Crippen LogP contribution in [0.4, 0.5) is 0 Å². The standard InChI is InChI=1S/C18H36N2/c1-14-8-7-11-18(12-14,20(4)5)13-19-17-10-6-9-15(2)16(17)3/h14-17,19H,6-13H2,1-5H3. The van der Waals surface area contributed by atoms with Gasteiger partial charge >= 0.3 is 0 Å². The van der Waals surface area contributed by atoms with Gasteiger partial charge in [-0.1, -0.05) is 46.5 Å². The molecule has 2 nitrogen and oxygen atoms in total. The first-order valence-electron chi connectivity index (χ1n) is 8.85. The first-order valence-corrected chi connectivity index (χ1v) is 8.85. The van der Waals surface area contributed by atoms with Crippen molar-refractivity contribution in [2.75, 3.05) is 20.6 Å².